The first kappa shape index (κ1) is 12.5. The minimum atomic E-state index is -0.376. The fourth-order valence-electron chi connectivity index (χ4n) is 2.50. The number of hydrogen-bond acceptors (Lipinski definition) is 3. The Labute approximate surface area is 114 Å². The van der Waals surface area contributed by atoms with Crippen LogP contribution in [0.1, 0.15) is 0 Å². The summed E-state index contributed by atoms with van der Waals surface area (Å²) in [7, 11) is 6.81. The third-order valence-electron chi connectivity index (χ3n) is 3.64. The highest BCUT2D eigenvalue weighted by molar-refractivity contribution is 5.76. The van der Waals surface area contributed by atoms with E-state index >= 15 is 0 Å². The fraction of sp³-hybridized carbons (Fsp3) is 0.308. The van der Waals surface area contributed by atoms with Gasteiger partial charge in [-0.1, -0.05) is 0 Å². The lowest BCUT2D eigenvalue weighted by Crippen LogP contribution is -2.37. The van der Waals surface area contributed by atoms with E-state index in [4.69, 9.17) is 0 Å². The molecule has 0 radical (unpaired) electrons. The molecule has 0 aromatic carbocycles. The molecule has 0 spiro atoms. The molecule has 0 N–H and O–H groups in total. The minimum Gasteiger partial charge on any atom is -0.348 e. The van der Waals surface area contributed by atoms with Gasteiger partial charge in [0.05, 0.1) is 5.69 Å². The average Bonchev–Trinajstić information content (AvgIpc) is 2.98. The van der Waals surface area contributed by atoms with Crippen molar-refractivity contribution in [2.75, 3.05) is 0 Å². The predicted molar refractivity (Wildman–Crippen MR) is 75.6 cm³/mol. The fourth-order valence-corrected chi connectivity index (χ4v) is 2.50. The van der Waals surface area contributed by atoms with Crippen molar-refractivity contribution in [1.29, 1.82) is 0 Å². The molecule has 0 fully saturated rings. The molecule has 0 unspecified atom stereocenters. The van der Waals surface area contributed by atoms with E-state index in [0.29, 0.717) is 17.0 Å². The molecular formula is C13H15N5O2. The summed E-state index contributed by atoms with van der Waals surface area (Å²) in [5.41, 5.74) is 0.976. The van der Waals surface area contributed by atoms with Gasteiger partial charge in [0, 0.05) is 34.4 Å². The van der Waals surface area contributed by atoms with E-state index in [1.807, 2.05) is 29.9 Å². The van der Waals surface area contributed by atoms with Crippen LogP contribution in [0.5, 0.6) is 0 Å². The molecule has 0 amide bonds. The zero-order chi connectivity index (χ0) is 14.6. The summed E-state index contributed by atoms with van der Waals surface area (Å²) < 4.78 is 6.21. The predicted octanol–water partition coefficient (Wildman–Crippen LogP) is -0.0238. The van der Waals surface area contributed by atoms with Crippen LogP contribution in [0.25, 0.3) is 22.7 Å². The van der Waals surface area contributed by atoms with Gasteiger partial charge in [-0.3, -0.25) is 13.9 Å². The largest absolute Gasteiger partial charge is 0.348 e. The SMILES string of the molecule is Cn1cccc1-c1nc2c(=O)n(C)c(=O)n(C)c2n1C. The normalized spacial score (nSPS) is 11.4. The molecule has 3 rings (SSSR count). The van der Waals surface area contributed by atoms with Gasteiger partial charge in [0.1, 0.15) is 5.65 Å². The van der Waals surface area contributed by atoms with Crippen LogP contribution in [-0.4, -0.2) is 23.3 Å². The molecule has 0 bridgehead atoms. The van der Waals surface area contributed by atoms with Crippen LogP contribution in [0.4, 0.5) is 0 Å². The Balaban J connectivity index is 2.52. The molecular weight excluding hydrogens is 258 g/mol. The second-order valence-corrected chi connectivity index (χ2v) is 4.88. The highest BCUT2D eigenvalue weighted by atomic mass is 16.2. The molecule has 0 aliphatic heterocycles. The minimum absolute atomic E-state index is 0.299. The number of fused-ring (bicyclic) bond motifs is 1. The molecule has 0 saturated heterocycles. The third kappa shape index (κ3) is 1.43. The zero-order valence-electron chi connectivity index (χ0n) is 11.8. The van der Waals surface area contributed by atoms with Crippen LogP contribution in [0.2, 0.25) is 0 Å². The van der Waals surface area contributed by atoms with Crippen LogP contribution in [0.15, 0.2) is 27.9 Å². The molecule has 0 atom stereocenters. The van der Waals surface area contributed by atoms with Gasteiger partial charge in [-0.25, -0.2) is 9.78 Å². The molecule has 7 nitrogen and oxygen atoms in total. The molecule has 0 aliphatic rings. The van der Waals surface area contributed by atoms with Crippen molar-refractivity contribution in [1.82, 2.24) is 23.3 Å². The Hall–Kier alpha value is -2.57. The molecule has 3 aromatic heterocycles. The van der Waals surface area contributed by atoms with E-state index in [0.717, 1.165) is 10.3 Å². The molecule has 0 saturated carbocycles. The van der Waals surface area contributed by atoms with Gasteiger partial charge in [-0.05, 0) is 12.1 Å². The average molecular weight is 273 g/mol. The lowest BCUT2D eigenvalue weighted by atomic mass is 10.4. The van der Waals surface area contributed by atoms with E-state index in [9.17, 15) is 9.59 Å². The molecule has 7 heteroatoms. The summed E-state index contributed by atoms with van der Waals surface area (Å²) in [6.45, 7) is 0. The number of aromatic nitrogens is 5. The Morgan fingerprint density at radius 1 is 1.00 bits per heavy atom. The maximum Gasteiger partial charge on any atom is 0.332 e. The monoisotopic (exact) mass is 273 g/mol. The molecule has 3 aromatic rings. The van der Waals surface area contributed by atoms with Crippen molar-refractivity contribution < 1.29 is 0 Å². The van der Waals surface area contributed by atoms with Crippen LogP contribution < -0.4 is 11.2 Å². The second-order valence-electron chi connectivity index (χ2n) is 4.88. The van der Waals surface area contributed by atoms with Crippen molar-refractivity contribution >= 4 is 11.2 Å². The maximum atomic E-state index is 12.2. The van der Waals surface area contributed by atoms with E-state index in [-0.39, 0.29) is 11.2 Å². The first-order valence-corrected chi connectivity index (χ1v) is 6.17. The van der Waals surface area contributed by atoms with E-state index in [2.05, 4.69) is 4.98 Å². The quantitative estimate of drug-likeness (QED) is 0.625. The van der Waals surface area contributed by atoms with Gasteiger partial charge in [0.25, 0.3) is 5.56 Å². The smallest absolute Gasteiger partial charge is 0.332 e. The molecule has 0 aliphatic carbocycles. The first-order chi connectivity index (χ1) is 9.43. The van der Waals surface area contributed by atoms with Gasteiger partial charge in [-0.2, -0.15) is 0 Å². The van der Waals surface area contributed by atoms with Gasteiger partial charge in [-0.15, -0.1) is 0 Å². The van der Waals surface area contributed by atoms with Gasteiger partial charge in [0.15, 0.2) is 11.3 Å². The summed E-state index contributed by atoms with van der Waals surface area (Å²) in [6, 6.07) is 3.83. The van der Waals surface area contributed by atoms with E-state index in [1.54, 1.807) is 18.7 Å². The number of hydrogen-bond donors (Lipinski definition) is 0. The molecule has 20 heavy (non-hydrogen) atoms. The zero-order valence-corrected chi connectivity index (χ0v) is 11.8. The van der Waals surface area contributed by atoms with Gasteiger partial charge < -0.3 is 9.13 Å². The van der Waals surface area contributed by atoms with Crippen LogP contribution in [-0.2, 0) is 28.2 Å². The van der Waals surface area contributed by atoms with Crippen LogP contribution in [0, 0.1) is 0 Å². The Morgan fingerprint density at radius 2 is 1.70 bits per heavy atom. The summed E-state index contributed by atoms with van der Waals surface area (Å²) >= 11 is 0. The third-order valence-corrected chi connectivity index (χ3v) is 3.64. The van der Waals surface area contributed by atoms with Gasteiger partial charge >= 0.3 is 5.69 Å². The number of nitrogens with zero attached hydrogens (tertiary/aromatic N) is 5. The van der Waals surface area contributed by atoms with Crippen molar-refractivity contribution in [2.45, 2.75) is 0 Å². The maximum absolute atomic E-state index is 12.2. The Morgan fingerprint density at radius 3 is 2.30 bits per heavy atom. The first-order valence-electron chi connectivity index (χ1n) is 6.17. The number of imidazole rings is 1. The number of rotatable bonds is 1. The highest BCUT2D eigenvalue weighted by Crippen LogP contribution is 2.20. The lowest BCUT2D eigenvalue weighted by molar-refractivity contribution is 0.698. The standard InChI is InChI=1S/C13H15N5O2/c1-15-7-5-6-8(15)10-14-9-11(16(10)2)17(3)13(20)18(4)12(9)19/h5-7H,1-4H3. The van der Waals surface area contributed by atoms with Crippen molar-refractivity contribution in [3.05, 3.63) is 39.2 Å². The van der Waals surface area contributed by atoms with Crippen LogP contribution in [0.3, 0.4) is 0 Å². The van der Waals surface area contributed by atoms with E-state index in [1.165, 1.54) is 11.6 Å². The van der Waals surface area contributed by atoms with Crippen molar-refractivity contribution in [2.24, 2.45) is 28.2 Å². The second kappa shape index (κ2) is 3.96. The topological polar surface area (TPSA) is 66.8 Å². The van der Waals surface area contributed by atoms with Gasteiger partial charge in [0.2, 0.25) is 0 Å². The van der Waals surface area contributed by atoms with Crippen molar-refractivity contribution in [3.8, 4) is 11.5 Å². The number of aryl methyl sites for hydroxylation is 3. The summed E-state index contributed by atoms with van der Waals surface area (Å²) in [5, 5.41) is 0. The molecule has 104 valence electrons. The molecule has 3 heterocycles. The van der Waals surface area contributed by atoms with Crippen LogP contribution >= 0.6 is 0 Å². The Kier molecular flexibility index (Phi) is 2.47. The summed E-state index contributed by atoms with van der Waals surface area (Å²) in [6.07, 6.45) is 1.91. The Bertz CT molecular complexity index is 938. The lowest BCUT2D eigenvalue weighted by Gasteiger charge is -2.06. The highest BCUT2D eigenvalue weighted by Gasteiger charge is 2.18. The van der Waals surface area contributed by atoms with Crippen molar-refractivity contribution in [3.63, 3.8) is 0 Å². The van der Waals surface area contributed by atoms with E-state index < -0.39 is 0 Å². The summed E-state index contributed by atoms with van der Waals surface area (Å²) in [5.74, 6) is 0.658. The summed E-state index contributed by atoms with van der Waals surface area (Å²) in [4.78, 5) is 28.6.